The summed E-state index contributed by atoms with van der Waals surface area (Å²) in [6.45, 7) is 0. The Labute approximate surface area is 152 Å². The Morgan fingerprint density at radius 1 is 1.27 bits per heavy atom. The van der Waals surface area contributed by atoms with Gasteiger partial charge >= 0.3 is 6.18 Å². The number of nitrogens with zero attached hydrogens (tertiary/aromatic N) is 2. The third-order valence-electron chi connectivity index (χ3n) is 3.72. The number of alkyl halides is 3. The van der Waals surface area contributed by atoms with Crippen molar-refractivity contribution in [2.45, 2.75) is 25.1 Å². The summed E-state index contributed by atoms with van der Waals surface area (Å²) in [5.74, 6) is -0.196. The van der Waals surface area contributed by atoms with Crippen LogP contribution in [-0.2, 0) is 6.18 Å². The van der Waals surface area contributed by atoms with E-state index in [1.165, 1.54) is 11.9 Å². The number of benzene rings is 1. The minimum atomic E-state index is -4.53. The fourth-order valence-corrected chi connectivity index (χ4v) is 2.73. The average Bonchev–Trinajstić information content (AvgIpc) is 3.38. The van der Waals surface area contributed by atoms with Gasteiger partial charge in [0.1, 0.15) is 11.4 Å². The summed E-state index contributed by atoms with van der Waals surface area (Å²) in [5, 5.41) is 13.3. The number of rotatable bonds is 7. The molecule has 1 aliphatic rings. The first kappa shape index (κ1) is 18.3. The van der Waals surface area contributed by atoms with E-state index in [9.17, 15) is 13.2 Å². The van der Waals surface area contributed by atoms with E-state index in [1.54, 1.807) is 18.2 Å². The molecule has 0 unspecified atom stereocenters. The normalized spacial score (nSPS) is 14.0. The van der Waals surface area contributed by atoms with E-state index < -0.39 is 11.7 Å². The highest BCUT2D eigenvalue weighted by molar-refractivity contribution is 7.99. The highest BCUT2D eigenvalue weighted by atomic mass is 32.2. The van der Waals surface area contributed by atoms with Crippen LogP contribution in [0.2, 0.25) is 0 Å². The van der Waals surface area contributed by atoms with Crippen LogP contribution in [0.4, 0.5) is 36.3 Å². The van der Waals surface area contributed by atoms with Gasteiger partial charge in [0.05, 0.1) is 11.4 Å². The summed E-state index contributed by atoms with van der Waals surface area (Å²) in [7, 11) is 0. The third kappa shape index (κ3) is 4.18. The van der Waals surface area contributed by atoms with Crippen LogP contribution in [0.25, 0.3) is 0 Å². The van der Waals surface area contributed by atoms with Gasteiger partial charge in [-0.25, -0.2) is 4.98 Å². The fourth-order valence-electron chi connectivity index (χ4n) is 2.33. The second kappa shape index (κ2) is 7.40. The monoisotopic (exact) mass is 382 g/mol. The molecule has 0 spiro atoms. The Kier molecular flexibility index (Phi) is 5.21. The van der Waals surface area contributed by atoms with Crippen molar-refractivity contribution in [1.82, 2.24) is 9.97 Å². The molecule has 138 valence electrons. The van der Waals surface area contributed by atoms with Crippen LogP contribution in [0.5, 0.6) is 0 Å². The minimum Gasteiger partial charge on any atom is -0.367 e. The van der Waals surface area contributed by atoms with Crippen molar-refractivity contribution in [3.8, 4) is 0 Å². The lowest BCUT2D eigenvalue weighted by molar-refractivity contribution is -0.137. The summed E-state index contributed by atoms with van der Waals surface area (Å²) in [6, 6.07) is 5.29. The van der Waals surface area contributed by atoms with Crippen molar-refractivity contribution in [3.05, 3.63) is 35.5 Å². The van der Waals surface area contributed by atoms with Gasteiger partial charge in [-0.15, -0.1) is 0 Å². The zero-order chi connectivity index (χ0) is 18.7. The highest BCUT2D eigenvalue weighted by Crippen LogP contribution is 2.36. The first-order chi connectivity index (χ1) is 12.4. The zero-order valence-corrected chi connectivity index (χ0v) is 14.6. The lowest BCUT2D eigenvalue weighted by atomic mass is 10.1. The lowest BCUT2D eigenvalue weighted by Gasteiger charge is -2.16. The summed E-state index contributed by atoms with van der Waals surface area (Å²) < 4.78 is 42.5. The summed E-state index contributed by atoms with van der Waals surface area (Å²) >= 11 is 1.37. The van der Waals surface area contributed by atoms with Crippen molar-refractivity contribution < 1.29 is 13.2 Å². The number of halogens is 3. The first-order valence-corrected chi connectivity index (χ1v) is 9.05. The van der Waals surface area contributed by atoms with Gasteiger partial charge in [0.15, 0.2) is 0 Å². The van der Waals surface area contributed by atoms with Crippen LogP contribution in [-0.4, -0.2) is 28.5 Å². The smallest absolute Gasteiger partial charge is 0.367 e. The zero-order valence-electron chi connectivity index (χ0n) is 13.8. The Hall–Kier alpha value is -2.49. The molecule has 1 fully saturated rings. The SMILES string of the molecule is CSNc1cccc(Nc2ncc(C(F)(F)F)c(NC3CC3)n2)c1C=N. The summed E-state index contributed by atoms with van der Waals surface area (Å²) in [6.07, 6.45) is 0.901. The van der Waals surface area contributed by atoms with Gasteiger partial charge in [0, 0.05) is 30.3 Å². The summed E-state index contributed by atoms with van der Waals surface area (Å²) in [5.41, 5.74) is 0.902. The number of aromatic nitrogens is 2. The topological polar surface area (TPSA) is 85.7 Å². The number of hydrogen-bond donors (Lipinski definition) is 4. The quantitative estimate of drug-likeness (QED) is 0.417. The van der Waals surface area contributed by atoms with Gasteiger partial charge in [-0.05, 0) is 25.0 Å². The number of anilines is 4. The molecule has 26 heavy (non-hydrogen) atoms. The van der Waals surface area contributed by atoms with Crippen molar-refractivity contribution in [2.24, 2.45) is 0 Å². The maximum absolute atomic E-state index is 13.2. The van der Waals surface area contributed by atoms with E-state index in [1.807, 2.05) is 6.26 Å². The fraction of sp³-hybridized carbons (Fsp3) is 0.312. The molecule has 1 aromatic heterocycles. The molecule has 0 saturated heterocycles. The maximum atomic E-state index is 13.2. The lowest BCUT2D eigenvalue weighted by Crippen LogP contribution is -2.15. The molecule has 1 heterocycles. The van der Waals surface area contributed by atoms with Crippen molar-refractivity contribution >= 4 is 41.3 Å². The largest absolute Gasteiger partial charge is 0.421 e. The van der Waals surface area contributed by atoms with E-state index in [2.05, 4.69) is 25.3 Å². The molecule has 4 N–H and O–H groups in total. The predicted octanol–water partition coefficient (Wildman–Crippen LogP) is 4.50. The van der Waals surface area contributed by atoms with Crippen LogP contribution >= 0.6 is 11.9 Å². The molecule has 0 atom stereocenters. The Morgan fingerprint density at radius 2 is 2.00 bits per heavy atom. The van der Waals surface area contributed by atoms with E-state index in [4.69, 9.17) is 5.41 Å². The van der Waals surface area contributed by atoms with Crippen LogP contribution in [0.3, 0.4) is 0 Å². The van der Waals surface area contributed by atoms with Crippen LogP contribution in [0.1, 0.15) is 24.0 Å². The van der Waals surface area contributed by atoms with Crippen LogP contribution in [0.15, 0.2) is 24.4 Å². The molecular weight excluding hydrogens is 365 g/mol. The van der Waals surface area contributed by atoms with Gasteiger partial charge in [-0.3, -0.25) is 0 Å². The van der Waals surface area contributed by atoms with Gasteiger partial charge in [-0.2, -0.15) is 18.2 Å². The molecule has 0 bridgehead atoms. The summed E-state index contributed by atoms with van der Waals surface area (Å²) in [4.78, 5) is 7.81. The molecule has 10 heteroatoms. The number of hydrogen-bond acceptors (Lipinski definition) is 7. The molecule has 1 aliphatic carbocycles. The molecule has 3 rings (SSSR count). The molecule has 0 aliphatic heterocycles. The molecule has 6 nitrogen and oxygen atoms in total. The van der Waals surface area contributed by atoms with Gasteiger partial charge in [0.25, 0.3) is 0 Å². The van der Waals surface area contributed by atoms with Gasteiger partial charge < -0.3 is 20.8 Å². The van der Waals surface area contributed by atoms with E-state index >= 15 is 0 Å². The third-order valence-corrected chi connectivity index (χ3v) is 4.15. The van der Waals surface area contributed by atoms with Gasteiger partial charge in [0.2, 0.25) is 5.95 Å². The molecular formula is C16H17F3N6S. The van der Waals surface area contributed by atoms with Crippen LogP contribution < -0.4 is 15.4 Å². The second-order valence-corrected chi connectivity index (χ2v) is 6.33. The standard InChI is InChI=1S/C16H17F3N6S/c1-26-25-13-4-2-3-12(10(13)7-20)23-15-21-8-11(16(17,18)19)14(24-15)22-9-5-6-9/h2-4,7-9,20,25H,5-6H2,1H3,(H2,21,22,23,24). The van der Waals surface area contributed by atoms with Gasteiger partial charge in [-0.1, -0.05) is 18.0 Å². The average molecular weight is 382 g/mol. The maximum Gasteiger partial charge on any atom is 0.421 e. The predicted molar refractivity (Wildman–Crippen MR) is 98.4 cm³/mol. The Morgan fingerprint density at radius 3 is 2.62 bits per heavy atom. The van der Waals surface area contributed by atoms with E-state index in [0.29, 0.717) is 16.9 Å². The number of nitrogens with one attached hydrogen (secondary N) is 4. The first-order valence-electron chi connectivity index (χ1n) is 7.82. The van der Waals surface area contributed by atoms with E-state index in [-0.39, 0.29) is 17.8 Å². The van der Waals surface area contributed by atoms with Crippen molar-refractivity contribution in [3.63, 3.8) is 0 Å². The van der Waals surface area contributed by atoms with Crippen LogP contribution in [0, 0.1) is 5.41 Å². The van der Waals surface area contributed by atoms with Crippen molar-refractivity contribution in [2.75, 3.05) is 21.6 Å². The highest BCUT2D eigenvalue weighted by Gasteiger charge is 2.36. The Balaban J connectivity index is 1.93. The molecule has 2 aromatic rings. The Bertz CT molecular complexity index is 807. The molecule has 0 radical (unpaired) electrons. The second-order valence-electron chi connectivity index (χ2n) is 5.71. The minimum absolute atomic E-state index is 0.0186. The molecule has 1 saturated carbocycles. The molecule has 1 aromatic carbocycles. The molecule has 0 amide bonds. The van der Waals surface area contributed by atoms with Crippen molar-refractivity contribution in [1.29, 1.82) is 5.41 Å². The van der Waals surface area contributed by atoms with E-state index in [0.717, 1.165) is 25.3 Å².